The van der Waals surface area contributed by atoms with Crippen LogP contribution in [0.25, 0.3) is 0 Å². The topological polar surface area (TPSA) is 58.3 Å². The first-order valence-electron chi connectivity index (χ1n) is 7.62. The molecule has 0 unspecified atom stereocenters. The fraction of sp³-hybridized carbons (Fsp3) is 0.118. The summed E-state index contributed by atoms with van der Waals surface area (Å²) in [7, 11) is -2.89. The maximum absolute atomic E-state index is 9.77. The highest BCUT2D eigenvalue weighted by molar-refractivity contribution is 6.97. The fourth-order valence-corrected chi connectivity index (χ4v) is 5.64. The van der Waals surface area contributed by atoms with Crippen molar-refractivity contribution in [1.29, 1.82) is 0 Å². The minimum atomic E-state index is -1.52. The van der Waals surface area contributed by atoms with Crippen LogP contribution >= 0.6 is 0 Å². The van der Waals surface area contributed by atoms with Crippen molar-refractivity contribution in [2.75, 3.05) is 0 Å². The summed E-state index contributed by atoms with van der Waals surface area (Å²) in [6.07, 6.45) is 1.57. The molecule has 0 saturated heterocycles. The molecular formula is C17H18BN2O2Si. The molecule has 6 heteroatoms. The van der Waals surface area contributed by atoms with Crippen LogP contribution in [-0.2, 0) is 6.54 Å². The summed E-state index contributed by atoms with van der Waals surface area (Å²) in [6, 6.07) is 20.5. The minimum Gasteiger partial charge on any atom is -0.423 e. The van der Waals surface area contributed by atoms with Crippen molar-refractivity contribution in [3.63, 3.8) is 0 Å². The molecule has 1 aromatic heterocycles. The molecule has 0 aliphatic heterocycles. The van der Waals surface area contributed by atoms with Crippen LogP contribution in [0.5, 0.6) is 0 Å². The number of benzene rings is 2. The largest absolute Gasteiger partial charge is 0.491 e. The van der Waals surface area contributed by atoms with Gasteiger partial charge >= 0.3 is 7.12 Å². The number of hydrogen-bond donors (Lipinski definition) is 2. The third-order valence-electron chi connectivity index (χ3n) is 3.81. The predicted molar refractivity (Wildman–Crippen MR) is 95.3 cm³/mol. The van der Waals surface area contributed by atoms with E-state index >= 15 is 0 Å². The van der Waals surface area contributed by atoms with Crippen molar-refractivity contribution in [2.45, 2.75) is 13.5 Å². The van der Waals surface area contributed by atoms with Gasteiger partial charge < -0.3 is 10.0 Å². The maximum Gasteiger partial charge on any atom is 0.491 e. The average Bonchev–Trinajstić information content (AvgIpc) is 3.01. The summed E-state index contributed by atoms with van der Waals surface area (Å²) in [4.78, 5) is 0. The van der Waals surface area contributed by atoms with E-state index in [-0.39, 0.29) is 0 Å². The van der Waals surface area contributed by atoms with Crippen molar-refractivity contribution < 1.29 is 10.0 Å². The van der Waals surface area contributed by atoms with Crippen molar-refractivity contribution in [3.05, 3.63) is 66.9 Å². The van der Waals surface area contributed by atoms with Gasteiger partial charge in [0.15, 0.2) is 8.80 Å². The smallest absolute Gasteiger partial charge is 0.423 e. The van der Waals surface area contributed by atoms with E-state index < -0.39 is 15.9 Å². The Labute approximate surface area is 137 Å². The van der Waals surface area contributed by atoms with E-state index in [1.54, 1.807) is 6.20 Å². The van der Waals surface area contributed by atoms with Gasteiger partial charge in [0.25, 0.3) is 0 Å². The van der Waals surface area contributed by atoms with Crippen LogP contribution < -0.4 is 21.2 Å². The lowest BCUT2D eigenvalue weighted by Gasteiger charge is -2.19. The molecule has 0 saturated carbocycles. The minimum absolute atomic E-state index is 0.494. The zero-order chi connectivity index (χ0) is 16.2. The third-order valence-corrected chi connectivity index (χ3v) is 6.65. The van der Waals surface area contributed by atoms with E-state index in [2.05, 4.69) is 29.4 Å². The molecule has 0 aliphatic rings. The lowest BCUT2D eigenvalue weighted by molar-refractivity contribution is 0.426. The second-order valence-electron chi connectivity index (χ2n) is 5.25. The van der Waals surface area contributed by atoms with Gasteiger partial charge in [0.2, 0.25) is 0 Å². The van der Waals surface area contributed by atoms with E-state index in [1.807, 2.05) is 48.0 Å². The lowest BCUT2D eigenvalue weighted by atomic mass is 9.83. The normalized spacial score (nSPS) is 11.0. The maximum atomic E-state index is 9.77. The standard InChI is InChI=1S/C17H18BN2O2Si/c1-2-20-17(16(13-19-20)18(21)22)23(14-9-5-3-6-10-14)15-11-7-4-8-12-15/h3-13,21-22H,2H2,1H3. The molecular weight excluding hydrogens is 303 g/mol. The highest BCUT2D eigenvalue weighted by Crippen LogP contribution is 1.95. The Hall–Kier alpha value is -2.15. The predicted octanol–water partition coefficient (Wildman–Crippen LogP) is -0.901. The average molecular weight is 321 g/mol. The number of hydrogen-bond acceptors (Lipinski definition) is 3. The Bertz CT molecular complexity index is 723. The highest BCUT2D eigenvalue weighted by atomic mass is 28.3. The Morgan fingerprint density at radius 1 is 0.957 bits per heavy atom. The van der Waals surface area contributed by atoms with Crippen LogP contribution in [-0.4, -0.2) is 35.7 Å². The molecule has 23 heavy (non-hydrogen) atoms. The van der Waals surface area contributed by atoms with Crippen LogP contribution in [0.15, 0.2) is 66.9 Å². The third kappa shape index (κ3) is 3.14. The first-order valence-corrected chi connectivity index (χ1v) is 9.12. The Kier molecular flexibility index (Phi) is 4.76. The van der Waals surface area contributed by atoms with E-state index in [4.69, 9.17) is 0 Å². The van der Waals surface area contributed by atoms with Crippen LogP contribution in [0.1, 0.15) is 6.92 Å². The Morgan fingerprint density at radius 3 is 1.91 bits per heavy atom. The molecule has 115 valence electrons. The Morgan fingerprint density at radius 2 is 1.48 bits per heavy atom. The summed E-state index contributed by atoms with van der Waals surface area (Å²) >= 11 is 0. The molecule has 0 bridgehead atoms. The summed E-state index contributed by atoms with van der Waals surface area (Å²) in [5.41, 5.74) is 0.494. The van der Waals surface area contributed by atoms with Gasteiger partial charge in [-0.25, -0.2) is 0 Å². The van der Waals surface area contributed by atoms with E-state index in [0.717, 1.165) is 5.32 Å². The number of nitrogens with zero attached hydrogens (tertiary/aromatic N) is 2. The molecule has 0 aliphatic carbocycles. The highest BCUT2D eigenvalue weighted by Gasteiger charge is 2.30. The molecule has 2 aromatic carbocycles. The summed E-state index contributed by atoms with van der Waals surface area (Å²) in [6.45, 7) is 2.70. The van der Waals surface area contributed by atoms with Crippen LogP contribution in [0.2, 0.25) is 0 Å². The zero-order valence-electron chi connectivity index (χ0n) is 12.9. The van der Waals surface area contributed by atoms with Gasteiger partial charge in [-0.05, 0) is 17.3 Å². The monoisotopic (exact) mass is 321 g/mol. The van der Waals surface area contributed by atoms with Crippen LogP contribution in [0.4, 0.5) is 0 Å². The van der Waals surface area contributed by atoms with E-state index in [1.165, 1.54) is 10.4 Å². The molecule has 4 nitrogen and oxygen atoms in total. The first-order chi connectivity index (χ1) is 11.2. The molecule has 3 aromatic rings. The molecule has 0 amide bonds. The fourth-order valence-electron chi connectivity index (χ4n) is 2.75. The number of aromatic nitrogens is 2. The molecule has 2 N–H and O–H groups in total. The molecule has 0 fully saturated rings. The second kappa shape index (κ2) is 6.95. The van der Waals surface area contributed by atoms with Crippen molar-refractivity contribution >= 4 is 37.1 Å². The Balaban J connectivity index is 2.23. The quantitative estimate of drug-likeness (QED) is 0.599. The SMILES string of the molecule is CCn1ncc(B(O)O)c1[Si](c1ccccc1)c1ccccc1. The first kappa shape index (κ1) is 15.7. The second-order valence-corrected chi connectivity index (χ2v) is 7.62. The lowest BCUT2D eigenvalue weighted by Crippen LogP contribution is -2.61. The van der Waals surface area contributed by atoms with Crippen molar-refractivity contribution in [2.24, 2.45) is 0 Å². The molecule has 0 atom stereocenters. The summed E-state index contributed by atoms with van der Waals surface area (Å²) in [5.74, 6) is 0. The molecule has 3 rings (SSSR count). The van der Waals surface area contributed by atoms with Crippen LogP contribution in [0.3, 0.4) is 0 Å². The van der Waals surface area contributed by atoms with Crippen molar-refractivity contribution in [3.8, 4) is 0 Å². The van der Waals surface area contributed by atoms with Gasteiger partial charge in [-0.1, -0.05) is 60.7 Å². The van der Waals surface area contributed by atoms with Crippen LogP contribution in [0, 0.1) is 0 Å². The molecule has 0 spiro atoms. The summed E-state index contributed by atoms with van der Waals surface area (Å²) in [5, 5.41) is 27.2. The molecule has 1 heterocycles. The van der Waals surface area contributed by atoms with Gasteiger partial charge in [-0.15, -0.1) is 0 Å². The zero-order valence-corrected chi connectivity index (χ0v) is 13.9. The van der Waals surface area contributed by atoms with Gasteiger partial charge in [0.05, 0.1) is 0 Å². The van der Waals surface area contributed by atoms with E-state index in [0.29, 0.717) is 12.0 Å². The van der Waals surface area contributed by atoms with Gasteiger partial charge in [-0.2, -0.15) is 5.10 Å². The number of aryl methyl sites for hydroxylation is 1. The van der Waals surface area contributed by atoms with E-state index in [9.17, 15) is 10.0 Å². The van der Waals surface area contributed by atoms with Gasteiger partial charge in [-0.3, -0.25) is 4.68 Å². The summed E-state index contributed by atoms with van der Waals surface area (Å²) < 4.78 is 1.88. The molecule has 1 radical (unpaired) electrons. The van der Waals surface area contributed by atoms with Gasteiger partial charge in [0.1, 0.15) is 0 Å². The van der Waals surface area contributed by atoms with Gasteiger partial charge in [0, 0.05) is 23.5 Å². The number of rotatable bonds is 5. The van der Waals surface area contributed by atoms with Crippen molar-refractivity contribution in [1.82, 2.24) is 9.78 Å².